The van der Waals surface area contributed by atoms with Crippen LogP contribution in [0.5, 0.6) is 5.75 Å². The predicted octanol–water partition coefficient (Wildman–Crippen LogP) is 2.63. The summed E-state index contributed by atoms with van der Waals surface area (Å²) in [6, 6.07) is 4.27. The zero-order valence-electron chi connectivity index (χ0n) is 9.29. The third kappa shape index (κ3) is 2.83. The Labute approximate surface area is 110 Å². The lowest BCUT2D eigenvalue weighted by atomic mass is 10.3. The molecule has 0 amide bonds. The maximum Gasteiger partial charge on any atom is 0.273 e. The number of halogens is 1. The smallest absolute Gasteiger partial charge is 0.273 e. The topological polar surface area (TPSA) is 91.3 Å². The standard InChI is InChI=1S/C10H8BrN3O4/c1-6-12-10(13-18-6)5-17-9-4-7(14(15)16)2-3-8(9)11/h2-4H,5H2,1H3. The van der Waals surface area contributed by atoms with Gasteiger partial charge in [0.25, 0.3) is 5.69 Å². The molecule has 1 aromatic heterocycles. The number of hydrogen-bond donors (Lipinski definition) is 0. The first-order chi connectivity index (χ1) is 8.56. The van der Waals surface area contributed by atoms with Crippen LogP contribution in [0.2, 0.25) is 0 Å². The highest BCUT2D eigenvalue weighted by molar-refractivity contribution is 9.10. The van der Waals surface area contributed by atoms with Gasteiger partial charge in [0.1, 0.15) is 5.75 Å². The van der Waals surface area contributed by atoms with Crippen LogP contribution in [0, 0.1) is 17.0 Å². The molecule has 0 saturated heterocycles. The van der Waals surface area contributed by atoms with E-state index in [1.54, 1.807) is 13.0 Å². The number of rotatable bonds is 4. The molecule has 0 aliphatic carbocycles. The summed E-state index contributed by atoms with van der Waals surface area (Å²) in [5.74, 6) is 1.17. The minimum absolute atomic E-state index is 0.0440. The summed E-state index contributed by atoms with van der Waals surface area (Å²) in [6.45, 7) is 1.75. The van der Waals surface area contributed by atoms with Crippen molar-refractivity contribution in [1.29, 1.82) is 0 Å². The van der Waals surface area contributed by atoms with Crippen molar-refractivity contribution in [2.45, 2.75) is 13.5 Å². The molecule has 1 aromatic carbocycles. The normalized spacial score (nSPS) is 10.3. The van der Waals surface area contributed by atoms with Crippen molar-refractivity contribution < 1.29 is 14.2 Å². The highest BCUT2D eigenvalue weighted by atomic mass is 79.9. The number of non-ortho nitro benzene ring substituents is 1. The van der Waals surface area contributed by atoms with E-state index in [2.05, 4.69) is 26.1 Å². The van der Waals surface area contributed by atoms with Crippen LogP contribution in [0.25, 0.3) is 0 Å². The first-order valence-electron chi connectivity index (χ1n) is 4.92. The fraction of sp³-hybridized carbons (Fsp3) is 0.200. The van der Waals surface area contributed by atoms with Crippen molar-refractivity contribution in [1.82, 2.24) is 10.1 Å². The molecule has 0 aliphatic heterocycles. The van der Waals surface area contributed by atoms with Gasteiger partial charge >= 0.3 is 0 Å². The summed E-state index contributed by atoms with van der Waals surface area (Å²) >= 11 is 3.25. The molecule has 7 nitrogen and oxygen atoms in total. The van der Waals surface area contributed by atoms with Crippen molar-refractivity contribution in [3.63, 3.8) is 0 Å². The predicted molar refractivity (Wildman–Crippen MR) is 64.2 cm³/mol. The summed E-state index contributed by atoms with van der Waals surface area (Å²) in [4.78, 5) is 14.1. The molecule has 2 rings (SSSR count). The molecule has 1 heterocycles. The number of benzene rings is 1. The Morgan fingerprint density at radius 3 is 2.94 bits per heavy atom. The quantitative estimate of drug-likeness (QED) is 0.636. The Morgan fingerprint density at radius 1 is 1.56 bits per heavy atom. The van der Waals surface area contributed by atoms with Crippen molar-refractivity contribution in [2.75, 3.05) is 0 Å². The van der Waals surface area contributed by atoms with Gasteiger partial charge in [-0.3, -0.25) is 10.1 Å². The summed E-state index contributed by atoms with van der Waals surface area (Å²) in [5.41, 5.74) is -0.0440. The van der Waals surface area contributed by atoms with E-state index >= 15 is 0 Å². The molecule has 0 spiro atoms. The Hall–Kier alpha value is -1.96. The lowest BCUT2D eigenvalue weighted by molar-refractivity contribution is -0.385. The Bertz CT molecular complexity index is 584. The van der Waals surface area contributed by atoms with Gasteiger partial charge < -0.3 is 9.26 Å². The SMILES string of the molecule is Cc1nc(COc2cc([N+](=O)[O-])ccc2Br)no1. The molecule has 2 aromatic rings. The molecule has 94 valence electrons. The lowest BCUT2D eigenvalue weighted by Gasteiger charge is -2.05. The van der Waals surface area contributed by atoms with E-state index in [4.69, 9.17) is 9.26 Å². The Morgan fingerprint density at radius 2 is 2.33 bits per heavy atom. The zero-order valence-corrected chi connectivity index (χ0v) is 10.9. The number of hydrogen-bond acceptors (Lipinski definition) is 6. The zero-order chi connectivity index (χ0) is 13.1. The molecule has 18 heavy (non-hydrogen) atoms. The van der Waals surface area contributed by atoms with Crippen LogP contribution in [0.15, 0.2) is 27.2 Å². The fourth-order valence-electron chi connectivity index (χ4n) is 1.26. The first kappa shape index (κ1) is 12.5. The van der Waals surface area contributed by atoms with Crippen LogP contribution in [-0.4, -0.2) is 15.1 Å². The van der Waals surface area contributed by atoms with Crippen LogP contribution in [0.1, 0.15) is 11.7 Å². The van der Waals surface area contributed by atoms with Gasteiger partial charge in [-0.2, -0.15) is 4.98 Å². The van der Waals surface area contributed by atoms with Crippen molar-refractivity contribution in [2.24, 2.45) is 0 Å². The monoisotopic (exact) mass is 313 g/mol. The fourth-order valence-corrected chi connectivity index (χ4v) is 1.62. The lowest BCUT2D eigenvalue weighted by Crippen LogP contribution is -1.99. The molecule has 0 N–H and O–H groups in total. The van der Waals surface area contributed by atoms with Crippen LogP contribution >= 0.6 is 15.9 Å². The minimum atomic E-state index is -0.488. The minimum Gasteiger partial charge on any atom is -0.484 e. The van der Waals surface area contributed by atoms with E-state index in [1.807, 2.05) is 0 Å². The number of ether oxygens (including phenoxy) is 1. The Balaban J connectivity index is 2.13. The number of nitrogens with zero attached hydrogens (tertiary/aromatic N) is 3. The summed E-state index contributed by atoms with van der Waals surface area (Å²) in [6.07, 6.45) is 0. The van der Waals surface area contributed by atoms with Crippen molar-refractivity contribution >= 4 is 21.6 Å². The summed E-state index contributed by atoms with van der Waals surface area (Å²) < 4.78 is 10.8. The maximum absolute atomic E-state index is 10.6. The van der Waals surface area contributed by atoms with Crippen LogP contribution < -0.4 is 4.74 Å². The molecule has 8 heteroatoms. The first-order valence-corrected chi connectivity index (χ1v) is 5.71. The molecular formula is C10H8BrN3O4. The second kappa shape index (κ2) is 5.13. The summed E-state index contributed by atoms with van der Waals surface area (Å²) in [7, 11) is 0. The van der Waals surface area contributed by atoms with E-state index < -0.39 is 4.92 Å². The third-order valence-corrected chi connectivity index (χ3v) is 2.71. The molecule has 0 bridgehead atoms. The maximum atomic E-state index is 10.6. The highest BCUT2D eigenvalue weighted by Crippen LogP contribution is 2.29. The number of nitro benzene ring substituents is 1. The van der Waals surface area contributed by atoms with Gasteiger partial charge in [0, 0.05) is 13.0 Å². The van der Waals surface area contributed by atoms with E-state index in [1.165, 1.54) is 12.1 Å². The second-order valence-corrected chi connectivity index (χ2v) is 4.24. The van der Waals surface area contributed by atoms with E-state index in [0.717, 1.165) is 0 Å². The van der Waals surface area contributed by atoms with Crippen molar-refractivity contribution in [3.05, 3.63) is 44.5 Å². The number of aromatic nitrogens is 2. The molecule has 0 aliphatic rings. The number of aryl methyl sites for hydroxylation is 1. The van der Waals surface area contributed by atoms with Gasteiger partial charge in [-0.1, -0.05) is 5.16 Å². The molecule has 0 atom stereocenters. The van der Waals surface area contributed by atoms with Gasteiger partial charge in [-0.25, -0.2) is 0 Å². The largest absolute Gasteiger partial charge is 0.484 e. The molecule has 0 fully saturated rings. The average molecular weight is 314 g/mol. The van der Waals surface area contributed by atoms with E-state index in [0.29, 0.717) is 21.9 Å². The Kier molecular flexibility index (Phi) is 3.56. The van der Waals surface area contributed by atoms with Crippen molar-refractivity contribution in [3.8, 4) is 5.75 Å². The second-order valence-electron chi connectivity index (χ2n) is 3.39. The van der Waals surface area contributed by atoms with Gasteiger partial charge in [0.2, 0.25) is 11.7 Å². The molecule has 0 saturated carbocycles. The summed E-state index contributed by atoms with van der Waals surface area (Å²) in [5, 5.41) is 14.3. The average Bonchev–Trinajstić information content (AvgIpc) is 2.74. The van der Waals surface area contributed by atoms with Gasteiger partial charge in [-0.05, 0) is 22.0 Å². The number of nitro groups is 1. The van der Waals surface area contributed by atoms with E-state index in [9.17, 15) is 10.1 Å². The van der Waals surface area contributed by atoms with Gasteiger partial charge in [-0.15, -0.1) is 0 Å². The van der Waals surface area contributed by atoms with Crippen LogP contribution in [0.3, 0.4) is 0 Å². The van der Waals surface area contributed by atoms with E-state index in [-0.39, 0.29) is 12.3 Å². The van der Waals surface area contributed by atoms with Crippen LogP contribution in [0.4, 0.5) is 5.69 Å². The molecule has 0 unspecified atom stereocenters. The molecular weight excluding hydrogens is 306 g/mol. The molecule has 0 radical (unpaired) electrons. The van der Waals surface area contributed by atoms with Gasteiger partial charge in [0.05, 0.1) is 15.5 Å². The third-order valence-electron chi connectivity index (χ3n) is 2.05. The highest BCUT2D eigenvalue weighted by Gasteiger charge is 2.11. The van der Waals surface area contributed by atoms with Crippen LogP contribution in [-0.2, 0) is 6.61 Å². The van der Waals surface area contributed by atoms with Gasteiger partial charge in [0.15, 0.2) is 6.61 Å².